The molecule has 88 valence electrons. The van der Waals surface area contributed by atoms with Gasteiger partial charge in [-0.25, -0.2) is 0 Å². The first kappa shape index (κ1) is 12.1. The average Bonchev–Trinajstić information content (AvgIpc) is 2.70. The van der Waals surface area contributed by atoms with Crippen molar-refractivity contribution in [3.8, 4) is 0 Å². The number of rotatable bonds is 2. The van der Waals surface area contributed by atoms with E-state index in [1.807, 2.05) is 0 Å². The molecule has 1 amide bonds. The highest BCUT2D eigenvalue weighted by Gasteiger charge is 2.10. The van der Waals surface area contributed by atoms with Crippen LogP contribution in [0.15, 0.2) is 34.9 Å². The number of halogens is 2. The molecule has 1 aromatic heterocycles. The minimum Gasteiger partial charge on any atom is -0.321 e. The molecular formula is C11H9BrClN3O. The number of carbonyl (C=O) groups is 1. The monoisotopic (exact) mass is 313 g/mol. The van der Waals surface area contributed by atoms with E-state index >= 15 is 0 Å². The molecule has 4 nitrogen and oxygen atoms in total. The summed E-state index contributed by atoms with van der Waals surface area (Å²) in [7, 11) is 1.71. The summed E-state index contributed by atoms with van der Waals surface area (Å²) in [6.45, 7) is 0. The van der Waals surface area contributed by atoms with Gasteiger partial charge in [0.25, 0.3) is 5.91 Å². The van der Waals surface area contributed by atoms with Crippen molar-refractivity contribution in [3.05, 3.63) is 45.7 Å². The second-order valence-electron chi connectivity index (χ2n) is 3.42. The number of benzene rings is 1. The summed E-state index contributed by atoms with van der Waals surface area (Å²) >= 11 is 9.17. The van der Waals surface area contributed by atoms with E-state index in [9.17, 15) is 4.79 Å². The molecule has 0 aliphatic rings. The highest BCUT2D eigenvalue weighted by atomic mass is 79.9. The molecule has 0 spiro atoms. The molecule has 0 bridgehead atoms. The molecule has 0 fully saturated rings. The number of aromatic nitrogens is 2. The van der Waals surface area contributed by atoms with Gasteiger partial charge in [0.05, 0.1) is 5.02 Å². The topological polar surface area (TPSA) is 46.9 Å². The van der Waals surface area contributed by atoms with Crippen molar-refractivity contribution in [3.63, 3.8) is 0 Å². The number of hydrogen-bond donors (Lipinski definition) is 1. The Bertz CT molecular complexity index is 568. The van der Waals surface area contributed by atoms with Gasteiger partial charge < -0.3 is 5.32 Å². The molecule has 6 heteroatoms. The molecule has 17 heavy (non-hydrogen) atoms. The highest BCUT2D eigenvalue weighted by molar-refractivity contribution is 9.10. The fraction of sp³-hybridized carbons (Fsp3) is 0.0909. The van der Waals surface area contributed by atoms with Gasteiger partial charge in [-0.1, -0.05) is 11.6 Å². The SMILES string of the molecule is Cn1nccc1C(=O)Nc1ccc(Cl)c(Br)c1. The summed E-state index contributed by atoms with van der Waals surface area (Å²) in [5, 5.41) is 7.30. The summed E-state index contributed by atoms with van der Waals surface area (Å²) in [4.78, 5) is 11.9. The van der Waals surface area contributed by atoms with Crippen molar-refractivity contribution in [2.75, 3.05) is 5.32 Å². The second kappa shape index (κ2) is 4.89. The molecule has 1 heterocycles. The molecule has 0 atom stereocenters. The fourth-order valence-corrected chi connectivity index (χ4v) is 1.86. The maximum atomic E-state index is 11.9. The largest absolute Gasteiger partial charge is 0.321 e. The predicted octanol–water partition coefficient (Wildman–Crippen LogP) is 3.09. The molecule has 0 aliphatic carbocycles. The van der Waals surface area contributed by atoms with Gasteiger partial charge in [0.1, 0.15) is 5.69 Å². The van der Waals surface area contributed by atoms with E-state index in [0.29, 0.717) is 16.4 Å². The minimum absolute atomic E-state index is 0.209. The number of hydrogen-bond acceptors (Lipinski definition) is 2. The molecule has 0 aliphatic heterocycles. The first-order valence-electron chi connectivity index (χ1n) is 4.82. The van der Waals surface area contributed by atoms with Crippen LogP contribution in [0.25, 0.3) is 0 Å². The average molecular weight is 315 g/mol. The lowest BCUT2D eigenvalue weighted by Gasteiger charge is -2.06. The van der Waals surface area contributed by atoms with Crippen LogP contribution in [0, 0.1) is 0 Å². The molecule has 0 saturated carbocycles. The maximum absolute atomic E-state index is 11.9. The van der Waals surface area contributed by atoms with Crippen LogP contribution in [-0.4, -0.2) is 15.7 Å². The Morgan fingerprint density at radius 3 is 2.82 bits per heavy atom. The van der Waals surface area contributed by atoms with Crippen LogP contribution in [0.5, 0.6) is 0 Å². The third kappa shape index (κ3) is 2.68. The lowest BCUT2D eigenvalue weighted by atomic mass is 10.3. The Balaban J connectivity index is 2.19. The number of carbonyl (C=O) groups excluding carboxylic acids is 1. The molecular weight excluding hydrogens is 305 g/mol. The van der Waals surface area contributed by atoms with Gasteiger partial charge in [-0.3, -0.25) is 9.48 Å². The molecule has 1 aromatic carbocycles. The number of anilines is 1. The van der Waals surface area contributed by atoms with Gasteiger partial charge in [-0.05, 0) is 40.2 Å². The number of nitrogens with zero attached hydrogens (tertiary/aromatic N) is 2. The summed E-state index contributed by atoms with van der Waals surface area (Å²) in [5.74, 6) is -0.209. The van der Waals surface area contributed by atoms with Crippen LogP contribution in [0.1, 0.15) is 10.5 Å². The van der Waals surface area contributed by atoms with Crippen molar-refractivity contribution in [2.24, 2.45) is 7.05 Å². The number of nitrogens with one attached hydrogen (secondary N) is 1. The van der Waals surface area contributed by atoms with Crippen LogP contribution < -0.4 is 5.32 Å². The Hall–Kier alpha value is -1.33. The summed E-state index contributed by atoms with van der Waals surface area (Å²) in [6, 6.07) is 6.85. The maximum Gasteiger partial charge on any atom is 0.273 e. The number of amides is 1. The van der Waals surface area contributed by atoms with Crippen LogP contribution in [-0.2, 0) is 7.05 Å². The predicted molar refractivity (Wildman–Crippen MR) is 70.3 cm³/mol. The quantitative estimate of drug-likeness (QED) is 0.926. The smallest absolute Gasteiger partial charge is 0.273 e. The van der Waals surface area contributed by atoms with E-state index in [-0.39, 0.29) is 5.91 Å². The van der Waals surface area contributed by atoms with Crippen LogP contribution in [0.2, 0.25) is 5.02 Å². The van der Waals surface area contributed by atoms with E-state index in [1.165, 1.54) is 4.68 Å². The third-order valence-corrected chi connectivity index (χ3v) is 3.44. The molecule has 2 rings (SSSR count). The first-order chi connectivity index (χ1) is 8.08. The van der Waals surface area contributed by atoms with Crippen molar-refractivity contribution < 1.29 is 4.79 Å². The molecule has 2 aromatic rings. The zero-order valence-electron chi connectivity index (χ0n) is 8.95. The van der Waals surface area contributed by atoms with Crippen LogP contribution in [0.3, 0.4) is 0 Å². The molecule has 0 unspecified atom stereocenters. The number of aryl methyl sites for hydroxylation is 1. The lowest BCUT2D eigenvalue weighted by Crippen LogP contribution is -2.16. The summed E-state index contributed by atoms with van der Waals surface area (Å²) in [5.41, 5.74) is 1.17. The highest BCUT2D eigenvalue weighted by Crippen LogP contribution is 2.25. The lowest BCUT2D eigenvalue weighted by molar-refractivity contribution is 0.101. The fourth-order valence-electron chi connectivity index (χ4n) is 1.37. The van der Waals surface area contributed by atoms with Gasteiger partial charge >= 0.3 is 0 Å². The van der Waals surface area contributed by atoms with Crippen LogP contribution in [0.4, 0.5) is 5.69 Å². The van der Waals surface area contributed by atoms with Crippen molar-refractivity contribution >= 4 is 39.1 Å². The Labute approximate surface area is 112 Å². The van der Waals surface area contributed by atoms with Crippen molar-refractivity contribution in [1.82, 2.24) is 9.78 Å². The van der Waals surface area contributed by atoms with E-state index in [2.05, 4.69) is 26.3 Å². The second-order valence-corrected chi connectivity index (χ2v) is 4.68. The summed E-state index contributed by atoms with van der Waals surface area (Å²) < 4.78 is 2.25. The van der Waals surface area contributed by atoms with E-state index in [0.717, 1.165) is 4.47 Å². The first-order valence-corrected chi connectivity index (χ1v) is 5.99. The van der Waals surface area contributed by atoms with Gasteiger partial charge in [-0.15, -0.1) is 0 Å². The van der Waals surface area contributed by atoms with E-state index in [1.54, 1.807) is 37.5 Å². The molecule has 1 N–H and O–H groups in total. The molecule has 0 radical (unpaired) electrons. The van der Waals surface area contributed by atoms with Crippen molar-refractivity contribution in [2.45, 2.75) is 0 Å². The molecule has 0 saturated heterocycles. The standard InChI is InChI=1S/C11H9BrClN3O/c1-16-10(4-5-14-16)11(17)15-7-2-3-9(13)8(12)6-7/h2-6H,1H3,(H,15,17). The Morgan fingerprint density at radius 2 is 2.24 bits per heavy atom. The third-order valence-electron chi connectivity index (χ3n) is 2.23. The van der Waals surface area contributed by atoms with Gasteiger partial charge in [0, 0.05) is 23.4 Å². The minimum atomic E-state index is -0.209. The zero-order chi connectivity index (χ0) is 12.4. The zero-order valence-corrected chi connectivity index (χ0v) is 11.3. The Morgan fingerprint density at radius 1 is 1.47 bits per heavy atom. The van der Waals surface area contributed by atoms with E-state index in [4.69, 9.17) is 11.6 Å². The van der Waals surface area contributed by atoms with Gasteiger partial charge in [0.15, 0.2) is 0 Å². The van der Waals surface area contributed by atoms with Gasteiger partial charge in [0.2, 0.25) is 0 Å². The summed E-state index contributed by atoms with van der Waals surface area (Å²) in [6.07, 6.45) is 1.58. The van der Waals surface area contributed by atoms with E-state index < -0.39 is 0 Å². The van der Waals surface area contributed by atoms with Crippen molar-refractivity contribution in [1.29, 1.82) is 0 Å². The van der Waals surface area contributed by atoms with Gasteiger partial charge in [-0.2, -0.15) is 5.10 Å². The Kier molecular flexibility index (Phi) is 3.49. The van der Waals surface area contributed by atoms with Crippen LogP contribution >= 0.6 is 27.5 Å². The normalized spacial score (nSPS) is 10.3.